The molecule has 0 heterocycles. The largest absolute Gasteiger partial charge is 0.325 e. The minimum Gasteiger partial charge on any atom is -0.325 e. The van der Waals surface area contributed by atoms with Crippen molar-refractivity contribution in [2.75, 3.05) is 5.32 Å². The summed E-state index contributed by atoms with van der Waals surface area (Å²) >= 11 is 1.84. The second-order valence-electron chi connectivity index (χ2n) is 4.89. The van der Waals surface area contributed by atoms with Crippen LogP contribution in [0.4, 0.5) is 5.69 Å². The highest BCUT2D eigenvalue weighted by atomic mass is 32.2. The van der Waals surface area contributed by atoms with Crippen LogP contribution >= 0.6 is 11.8 Å². The summed E-state index contributed by atoms with van der Waals surface area (Å²) in [6, 6.07) is 9.69. The van der Waals surface area contributed by atoms with E-state index in [1.165, 1.54) is 32.1 Å². The van der Waals surface area contributed by atoms with Crippen LogP contribution < -0.4 is 5.32 Å². The molecule has 1 fully saturated rings. The monoisotopic (exact) mass is 263 g/mol. The molecule has 2 nitrogen and oxygen atoms in total. The standard InChI is InChI=1S/C15H21NOS/c1-12(18-14-10-6-3-7-11-14)15(17)16-13-8-4-2-5-9-13/h2,4-5,8-9,12,14H,3,6-7,10-11H2,1H3,(H,16,17). The van der Waals surface area contributed by atoms with E-state index in [9.17, 15) is 4.79 Å². The third-order valence-electron chi connectivity index (χ3n) is 3.36. The van der Waals surface area contributed by atoms with E-state index in [-0.39, 0.29) is 11.2 Å². The molecule has 18 heavy (non-hydrogen) atoms. The van der Waals surface area contributed by atoms with Crippen molar-refractivity contribution in [2.45, 2.75) is 49.5 Å². The van der Waals surface area contributed by atoms with Gasteiger partial charge in [0.1, 0.15) is 0 Å². The van der Waals surface area contributed by atoms with Gasteiger partial charge < -0.3 is 5.32 Å². The minimum absolute atomic E-state index is 0.0355. The van der Waals surface area contributed by atoms with Gasteiger partial charge in [-0.15, -0.1) is 11.8 Å². The Labute approximate surface area is 114 Å². The normalized spacial score (nSPS) is 18.3. The number of thioether (sulfide) groups is 1. The molecule has 0 radical (unpaired) electrons. The second kappa shape index (κ2) is 6.83. The Kier molecular flexibility index (Phi) is 5.12. The molecule has 3 heteroatoms. The average Bonchev–Trinajstić information content (AvgIpc) is 2.41. The average molecular weight is 263 g/mol. The number of carbonyl (C=O) groups is 1. The molecule has 1 N–H and O–H groups in total. The van der Waals surface area contributed by atoms with Gasteiger partial charge in [-0.1, -0.05) is 37.5 Å². The van der Waals surface area contributed by atoms with Crippen LogP contribution in [0.3, 0.4) is 0 Å². The van der Waals surface area contributed by atoms with Gasteiger partial charge in [0.15, 0.2) is 0 Å². The molecule has 0 aliphatic heterocycles. The molecule has 0 aromatic heterocycles. The summed E-state index contributed by atoms with van der Waals surface area (Å²) < 4.78 is 0. The van der Waals surface area contributed by atoms with Gasteiger partial charge >= 0.3 is 0 Å². The maximum atomic E-state index is 12.1. The molecule has 1 atom stereocenters. The highest BCUT2D eigenvalue weighted by Crippen LogP contribution is 2.31. The molecule has 1 aliphatic rings. The highest BCUT2D eigenvalue weighted by Gasteiger charge is 2.21. The van der Waals surface area contributed by atoms with Crippen LogP contribution in [0.2, 0.25) is 0 Å². The van der Waals surface area contributed by atoms with Crippen molar-refractivity contribution < 1.29 is 4.79 Å². The maximum Gasteiger partial charge on any atom is 0.237 e. The number of rotatable bonds is 4. The second-order valence-corrected chi connectivity index (χ2v) is 6.54. The zero-order chi connectivity index (χ0) is 12.8. The van der Waals surface area contributed by atoms with Crippen molar-refractivity contribution in [2.24, 2.45) is 0 Å². The first-order chi connectivity index (χ1) is 8.75. The fraction of sp³-hybridized carbons (Fsp3) is 0.533. The van der Waals surface area contributed by atoms with Gasteiger partial charge in [-0.25, -0.2) is 0 Å². The lowest BCUT2D eigenvalue weighted by Gasteiger charge is -2.23. The number of anilines is 1. The van der Waals surface area contributed by atoms with E-state index in [0.29, 0.717) is 5.25 Å². The Bertz CT molecular complexity index is 373. The third-order valence-corrected chi connectivity index (χ3v) is 4.84. The van der Waals surface area contributed by atoms with Crippen LogP contribution in [0.1, 0.15) is 39.0 Å². The number of hydrogen-bond donors (Lipinski definition) is 1. The van der Waals surface area contributed by atoms with Crippen molar-refractivity contribution in [1.29, 1.82) is 0 Å². The molecule has 98 valence electrons. The first kappa shape index (κ1) is 13.5. The molecule has 1 saturated carbocycles. The van der Waals surface area contributed by atoms with Crippen LogP contribution in [0.25, 0.3) is 0 Å². The topological polar surface area (TPSA) is 29.1 Å². The first-order valence-corrected chi connectivity index (χ1v) is 7.71. The van der Waals surface area contributed by atoms with E-state index in [1.807, 2.05) is 49.0 Å². The smallest absolute Gasteiger partial charge is 0.237 e. The highest BCUT2D eigenvalue weighted by molar-refractivity contribution is 8.01. The molecule has 1 amide bonds. The Balaban J connectivity index is 1.81. The van der Waals surface area contributed by atoms with Crippen molar-refractivity contribution >= 4 is 23.4 Å². The quantitative estimate of drug-likeness (QED) is 0.887. The van der Waals surface area contributed by atoms with E-state index in [1.54, 1.807) is 0 Å². The number of benzene rings is 1. The van der Waals surface area contributed by atoms with Crippen molar-refractivity contribution in [3.05, 3.63) is 30.3 Å². The van der Waals surface area contributed by atoms with Crippen molar-refractivity contribution in [3.63, 3.8) is 0 Å². The van der Waals surface area contributed by atoms with Crippen LogP contribution in [0.5, 0.6) is 0 Å². The lowest BCUT2D eigenvalue weighted by molar-refractivity contribution is -0.115. The molecular weight excluding hydrogens is 242 g/mol. The van der Waals surface area contributed by atoms with Crippen molar-refractivity contribution in [3.8, 4) is 0 Å². The zero-order valence-electron chi connectivity index (χ0n) is 10.9. The number of nitrogens with one attached hydrogen (secondary N) is 1. The van der Waals surface area contributed by atoms with Crippen LogP contribution in [-0.4, -0.2) is 16.4 Å². The molecular formula is C15H21NOS. The fourth-order valence-electron chi connectivity index (χ4n) is 2.32. The molecule has 2 rings (SSSR count). The van der Waals surface area contributed by atoms with Crippen LogP contribution in [-0.2, 0) is 4.79 Å². The molecule has 1 aromatic carbocycles. The van der Waals surface area contributed by atoms with Gasteiger partial charge in [0, 0.05) is 10.9 Å². The summed E-state index contributed by atoms with van der Waals surface area (Å²) in [5, 5.41) is 3.68. The van der Waals surface area contributed by atoms with Gasteiger partial charge in [-0.2, -0.15) is 0 Å². The number of amides is 1. The predicted molar refractivity (Wildman–Crippen MR) is 79.0 cm³/mol. The SMILES string of the molecule is CC(SC1CCCCC1)C(=O)Nc1ccccc1. The van der Waals surface area contributed by atoms with Gasteiger partial charge in [-0.3, -0.25) is 4.79 Å². The minimum atomic E-state index is 0.0355. The summed E-state index contributed by atoms with van der Waals surface area (Å²) in [5.74, 6) is 0.122. The van der Waals surface area contributed by atoms with Gasteiger partial charge in [0.2, 0.25) is 5.91 Å². The number of para-hydroxylation sites is 1. The molecule has 1 aromatic rings. The van der Waals surface area contributed by atoms with Crippen molar-refractivity contribution in [1.82, 2.24) is 0 Å². The molecule has 1 aliphatic carbocycles. The van der Waals surface area contributed by atoms with Gasteiger partial charge in [0.05, 0.1) is 5.25 Å². The van der Waals surface area contributed by atoms with Crippen LogP contribution in [0, 0.1) is 0 Å². The zero-order valence-corrected chi connectivity index (χ0v) is 11.7. The summed E-state index contributed by atoms with van der Waals surface area (Å²) in [4.78, 5) is 12.1. The summed E-state index contributed by atoms with van der Waals surface area (Å²) in [7, 11) is 0. The van der Waals surface area contributed by atoms with E-state index in [0.717, 1.165) is 5.69 Å². The Morgan fingerprint density at radius 2 is 1.89 bits per heavy atom. The van der Waals surface area contributed by atoms with Gasteiger partial charge in [-0.05, 0) is 31.9 Å². The van der Waals surface area contributed by atoms with E-state index < -0.39 is 0 Å². The molecule has 0 saturated heterocycles. The Morgan fingerprint density at radius 3 is 2.56 bits per heavy atom. The first-order valence-electron chi connectivity index (χ1n) is 6.77. The molecule has 0 spiro atoms. The lowest BCUT2D eigenvalue weighted by atomic mass is 10.0. The summed E-state index contributed by atoms with van der Waals surface area (Å²) in [6.07, 6.45) is 6.55. The molecule has 1 unspecified atom stereocenters. The van der Waals surface area contributed by atoms with E-state index in [4.69, 9.17) is 0 Å². The molecule has 0 bridgehead atoms. The van der Waals surface area contributed by atoms with E-state index in [2.05, 4.69) is 5.32 Å². The Hall–Kier alpha value is -0.960. The number of hydrogen-bond acceptors (Lipinski definition) is 2. The Morgan fingerprint density at radius 1 is 1.22 bits per heavy atom. The van der Waals surface area contributed by atoms with Crippen LogP contribution in [0.15, 0.2) is 30.3 Å². The maximum absolute atomic E-state index is 12.1. The lowest BCUT2D eigenvalue weighted by Crippen LogP contribution is -2.25. The summed E-state index contributed by atoms with van der Waals surface area (Å²) in [6.45, 7) is 2.01. The van der Waals surface area contributed by atoms with Gasteiger partial charge in [0.25, 0.3) is 0 Å². The fourth-order valence-corrected chi connectivity index (χ4v) is 3.68. The number of carbonyl (C=O) groups excluding carboxylic acids is 1. The summed E-state index contributed by atoms with van der Waals surface area (Å²) in [5.41, 5.74) is 0.888. The third kappa shape index (κ3) is 4.05. The predicted octanol–water partition coefficient (Wildman–Crippen LogP) is 4.08. The van der Waals surface area contributed by atoms with E-state index >= 15 is 0 Å².